The topological polar surface area (TPSA) is 26.0 Å². The van der Waals surface area contributed by atoms with Gasteiger partial charge >= 0.3 is 6.18 Å². The Morgan fingerprint density at radius 3 is 2.39 bits per heavy atom. The maximum atomic E-state index is 13.0. The largest absolute Gasteiger partial charge is 0.451 e. The van der Waals surface area contributed by atoms with Crippen LogP contribution in [0.4, 0.5) is 13.2 Å². The third-order valence-corrected chi connectivity index (χ3v) is 4.12. The van der Waals surface area contributed by atoms with Gasteiger partial charge in [0.1, 0.15) is 12.0 Å². The van der Waals surface area contributed by atoms with Crippen molar-refractivity contribution in [1.82, 2.24) is 4.98 Å². The predicted octanol–water partition coefficient (Wildman–Crippen LogP) is 6.33. The smallest absolute Gasteiger partial charge is 0.416 e. The molecule has 0 N–H and O–H groups in total. The van der Waals surface area contributed by atoms with E-state index in [4.69, 9.17) is 27.6 Å². The van der Waals surface area contributed by atoms with Gasteiger partial charge in [-0.25, -0.2) is 4.98 Å². The third-order valence-electron chi connectivity index (χ3n) is 3.30. The monoisotopic (exact) mass is 357 g/mol. The number of rotatable bonds is 2. The van der Waals surface area contributed by atoms with E-state index in [1.807, 2.05) is 0 Å². The molecule has 2 aromatic carbocycles. The molecule has 0 aliphatic carbocycles. The first-order valence-electron chi connectivity index (χ1n) is 6.42. The highest BCUT2D eigenvalue weighted by molar-refractivity contribution is 6.43. The summed E-state index contributed by atoms with van der Waals surface area (Å²) in [5.74, 6) is 0. The van der Waals surface area contributed by atoms with E-state index in [0.29, 0.717) is 16.8 Å². The van der Waals surface area contributed by atoms with Crippen molar-refractivity contribution in [3.8, 4) is 22.4 Å². The second kappa shape index (κ2) is 5.91. The van der Waals surface area contributed by atoms with Crippen molar-refractivity contribution in [1.29, 1.82) is 0 Å². The minimum atomic E-state index is -4.47. The van der Waals surface area contributed by atoms with Crippen LogP contribution in [0.1, 0.15) is 5.56 Å². The van der Waals surface area contributed by atoms with Crippen molar-refractivity contribution < 1.29 is 17.6 Å². The highest BCUT2D eigenvalue weighted by Gasteiger charge is 2.31. The van der Waals surface area contributed by atoms with Crippen LogP contribution in [-0.2, 0) is 6.18 Å². The number of halogens is 5. The Morgan fingerprint density at radius 2 is 1.74 bits per heavy atom. The zero-order valence-electron chi connectivity index (χ0n) is 11.4. The third kappa shape index (κ3) is 3.07. The molecule has 7 heteroatoms. The summed E-state index contributed by atoms with van der Waals surface area (Å²) < 4.78 is 44.1. The van der Waals surface area contributed by atoms with Gasteiger partial charge in [0.2, 0.25) is 0 Å². The highest BCUT2D eigenvalue weighted by atomic mass is 35.5. The second-order valence-electron chi connectivity index (χ2n) is 4.73. The average molecular weight is 358 g/mol. The van der Waals surface area contributed by atoms with E-state index < -0.39 is 11.7 Å². The fourth-order valence-electron chi connectivity index (χ4n) is 2.22. The van der Waals surface area contributed by atoms with Crippen molar-refractivity contribution in [2.75, 3.05) is 0 Å². The minimum Gasteiger partial charge on any atom is -0.451 e. The first-order chi connectivity index (χ1) is 10.9. The number of alkyl halides is 3. The molecule has 0 spiro atoms. The van der Waals surface area contributed by atoms with E-state index in [9.17, 15) is 13.2 Å². The average Bonchev–Trinajstić information content (AvgIpc) is 3.03. The Hall–Kier alpha value is -1.98. The number of oxazole rings is 1. The van der Waals surface area contributed by atoms with Crippen molar-refractivity contribution in [2.24, 2.45) is 0 Å². The standard InChI is InChI=1S/C16H8Cl2F3NO/c17-13-3-1-2-11(15(13)18)12-6-9(16(19,20)21)4-5-10(12)14-7-23-8-22-14/h1-8H. The fraction of sp³-hybridized carbons (Fsp3) is 0.0625. The van der Waals surface area contributed by atoms with Gasteiger partial charge in [-0.15, -0.1) is 0 Å². The van der Waals surface area contributed by atoms with E-state index in [-0.39, 0.29) is 15.6 Å². The summed E-state index contributed by atoms with van der Waals surface area (Å²) in [5.41, 5.74) is 0.765. The van der Waals surface area contributed by atoms with Crippen LogP contribution >= 0.6 is 23.2 Å². The molecule has 0 radical (unpaired) electrons. The van der Waals surface area contributed by atoms with Gasteiger partial charge in [-0.1, -0.05) is 41.4 Å². The van der Waals surface area contributed by atoms with Gasteiger partial charge < -0.3 is 4.42 Å². The molecule has 3 rings (SSSR count). The summed E-state index contributed by atoms with van der Waals surface area (Å²) in [5, 5.41) is 0.436. The molecule has 0 amide bonds. The number of benzene rings is 2. The van der Waals surface area contributed by atoms with E-state index in [0.717, 1.165) is 12.1 Å². The zero-order valence-corrected chi connectivity index (χ0v) is 12.9. The molecule has 23 heavy (non-hydrogen) atoms. The lowest BCUT2D eigenvalue weighted by molar-refractivity contribution is -0.137. The van der Waals surface area contributed by atoms with E-state index >= 15 is 0 Å². The Morgan fingerprint density at radius 1 is 0.957 bits per heavy atom. The van der Waals surface area contributed by atoms with Crippen molar-refractivity contribution >= 4 is 23.2 Å². The van der Waals surface area contributed by atoms with Crippen LogP contribution in [0.15, 0.2) is 53.5 Å². The summed E-state index contributed by atoms with van der Waals surface area (Å²) in [6.45, 7) is 0. The first kappa shape index (κ1) is 15.9. The van der Waals surface area contributed by atoms with E-state index in [1.165, 1.54) is 18.7 Å². The zero-order chi connectivity index (χ0) is 16.6. The molecule has 118 valence electrons. The molecule has 0 atom stereocenters. The molecule has 0 saturated heterocycles. The summed E-state index contributed by atoms with van der Waals surface area (Å²) in [6, 6.07) is 8.15. The summed E-state index contributed by atoms with van der Waals surface area (Å²) >= 11 is 12.2. The molecule has 0 bridgehead atoms. The summed E-state index contributed by atoms with van der Waals surface area (Å²) in [6.07, 6.45) is -1.91. The molecule has 2 nitrogen and oxygen atoms in total. The Balaban J connectivity index is 2.29. The molecular formula is C16H8Cl2F3NO. The van der Waals surface area contributed by atoms with Crippen LogP contribution in [-0.4, -0.2) is 4.98 Å². The normalized spacial score (nSPS) is 11.7. The van der Waals surface area contributed by atoms with Gasteiger partial charge in [0.15, 0.2) is 6.39 Å². The number of nitrogens with zero attached hydrogens (tertiary/aromatic N) is 1. The first-order valence-corrected chi connectivity index (χ1v) is 7.17. The number of aromatic nitrogens is 1. The summed E-state index contributed by atoms with van der Waals surface area (Å²) in [7, 11) is 0. The molecular weight excluding hydrogens is 350 g/mol. The van der Waals surface area contributed by atoms with Gasteiger partial charge in [-0.2, -0.15) is 13.2 Å². The van der Waals surface area contributed by atoms with Crippen LogP contribution < -0.4 is 0 Å². The lowest BCUT2D eigenvalue weighted by Crippen LogP contribution is -2.05. The van der Waals surface area contributed by atoms with Crippen LogP contribution in [0.25, 0.3) is 22.4 Å². The molecule has 0 aliphatic rings. The summed E-state index contributed by atoms with van der Waals surface area (Å²) in [4.78, 5) is 3.99. The van der Waals surface area contributed by atoms with Crippen LogP contribution in [0.5, 0.6) is 0 Å². The minimum absolute atomic E-state index is 0.179. The fourth-order valence-corrected chi connectivity index (χ4v) is 2.63. The van der Waals surface area contributed by atoms with E-state index in [2.05, 4.69) is 4.98 Å². The second-order valence-corrected chi connectivity index (χ2v) is 5.52. The van der Waals surface area contributed by atoms with Crippen molar-refractivity contribution in [2.45, 2.75) is 6.18 Å². The molecule has 3 aromatic rings. The maximum absolute atomic E-state index is 13.0. The van der Waals surface area contributed by atoms with Crippen LogP contribution in [0.2, 0.25) is 10.0 Å². The molecule has 0 unspecified atom stereocenters. The van der Waals surface area contributed by atoms with Gasteiger partial charge in [0.05, 0.1) is 15.6 Å². The van der Waals surface area contributed by atoms with E-state index in [1.54, 1.807) is 18.2 Å². The Kier molecular flexibility index (Phi) is 4.08. The molecule has 0 aliphatic heterocycles. The molecule has 1 aromatic heterocycles. The Bertz CT molecular complexity index is 845. The number of hydrogen-bond acceptors (Lipinski definition) is 2. The SMILES string of the molecule is FC(F)(F)c1ccc(-c2cocn2)c(-c2cccc(Cl)c2Cl)c1. The lowest BCUT2D eigenvalue weighted by Gasteiger charge is -2.14. The van der Waals surface area contributed by atoms with Crippen LogP contribution in [0, 0.1) is 0 Å². The molecule has 0 saturated carbocycles. The maximum Gasteiger partial charge on any atom is 0.416 e. The number of hydrogen-bond donors (Lipinski definition) is 0. The lowest BCUT2D eigenvalue weighted by atomic mass is 9.95. The van der Waals surface area contributed by atoms with Crippen molar-refractivity contribution in [3.63, 3.8) is 0 Å². The quantitative estimate of drug-likeness (QED) is 0.535. The van der Waals surface area contributed by atoms with Gasteiger partial charge in [-0.3, -0.25) is 0 Å². The molecule has 1 heterocycles. The Labute approximate surface area is 139 Å². The van der Waals surface area contributed by atoms with Crippen LogP contribution in [0.3, 0.4) is 0 Å². The predicted molar refractivity (Wildman–Crippen MR) is 82.4 cm³/mol. The highest BCUT2D eigenvalue weighted by Crippen LogP contribution is 2.41. The van der Waals surface area contributed by atoms with Crippen molar-refractivity contribution in [3.05, 3.63) is 64.7 Å². The van der Waals surface area contributed by atoms with Gasteiger partial charge in [0.25, 0.3) is 0 Å². The van der Waals surface area contributed by atoms with Gasteiger partial charge in [0, 0.05) is 11.1 Å². The molecule has 0 fully saturated rings. The van der Waals surface area contributed by atoms with Gasteiger partial charge in [-0.05, 0) is 23.8 Å².